The molecule has 0 aromatic carbocycles. The monoisotopic (exact) mass is 339 g/mol. The first-order valence-electron chi connectivity index (χ1n) is 8.00. The van der Waals surface area contributed by atoms with Gasteiger partial charge in [-0.05, 0) is 19.3 Å². The Hall–Kier alpha value is -1.57. The van der Waals surface area contributed by atoms with Crippen LogP contribution in [-0.2, 0) is 14.4 Å². The van der Waals surface area contributed by atoms with Gasteiger partial charge in [0, 0.05) is 39.0 Å². The lowest BCUT2D eigenvalue weighted by Crippen LogP contribution is -2.45. The predicted molar refractivity (Wildman–Crippen MR) is 84.7 cm³/mol. The molecule has 3 saturated heterocycles. The summed E-state index contributed by atoms with van der Waals surface area (Å²) in [5, 5.41) is -0.191. The first-order chi connectivity index (χ1) is 11.0. The van der Waals surface area contributed by atoms with Gasteiger partial charge < -0.3 is 9.80 Å². The lowest BCUT2D eigenvalue weighted by Gasteiger charge is -2.32. The van der Waals surface area contributed by atoms with Gasteiger partial charge in [0.25, 0.3) is 5.24 Å². The van der Waals surface area contributed by atoms with Crippen LogP contribution in [-0.4, -0.2) is 75.6 Å². The van der Waals surface area contributed by atoms with Crippen LogP contribution >= 0.6 is 11.8 Å². The number of nitrogens with zero attached hydrogens (tertiary/aromatic N) is 3. The molecule has 23 heavy (non-hydrogen) atoms. The summed E-state index contributed by atoms with van der Waals surface area (Å²) in [6.07, 6.45) is 2.05. The van der Waals surface area contributed by atoms with E-state index in [-0.39, 0.29) is 40.7 Å². The van der Waals surface area contributed by atoms with Crippen LogP contribution in [0.5, 0.6) is 0 Å². The summed E-state index contributed by atoms with van der Waals surface area (Å²) in [5.74, 6) is 0.174. The summed E-state index contributed by atoms with van der Waals surface area (Å²) in [4.78, 5) is 52.4. The summed E-state index contributed by atoms with van der Waals surface area (Å²) in [6, 6.07) is -0.175. The average molecular weight is 339 g/mol. The third kappa shape index (κ3) is 3.22. The van der Waals surface area contributed by atoms with E-state index in [1.54, 1.807) is 16.7 Å². The number of imide groups is 1. The maximum atomic E-state index is 12.6. The van der Waals surface area contributed by atoms with E-state index in [4.69, 9.17) is 0 Å². The number of carbonyl (C=O) groups excluding carboxylic acids is 4. The summed E-state index contributed by atoms with van der Waals surface area (Å²) < 4.78 is 0. The largest absolute Gasteiger partial charge is 0.343 e. The normalized spacial score (nSPS) is 26.3. The van der Waals surface area contributed by atoms with Crippen LogP contribution in [0.4, 0.5) is 4.79 Å². The number of rotatable bonds is 2. The van der Waals surface area contributed by atoms with Gasteiger partial charge in [-0.2, -0.15) is 0 Å². The van der Waals surface area contributed by atoms with Crippen molar-refractivity contribution in [2.75, 3.05) is 31.9 Å². The van der Waals surface area contributed by atoms with E-state index in [0.717, 1.165) is 11.8 Å². The molecule has 0 N–H and O–H groups in total. The van der Waals surface area contributed by atoms with Gasteiger partial charge in [0.05, 0.1) is 11.8 Å². The third-order valence-electron chi connectivity index (χ3n) is 4.91. The summed E-state index contributed by atoms with van der Waals surface area (Å²) in [5.41, 5.74) is 0. The second-order valence-electron chi connectivity index (χ2n) is 6.33. The van der Waals surface area contributed by atoms with Crippen LogP contribution in [0.3, 0.4) is 0 Å². The zero-order valence-corrected chi connectivity index (χ0v) is 14.0. The van der Waals surface area contributed by atoms with Crippen molar-refractivity contribution < 1.29 is 19.2 Å². The maximum absolute atomic E-state index is 12.6. The molecule has 4 amide bonds. The van der Waals surface area contributed by atoms with Crippen LogP contribution in [0.1, 0.15) is 26.2 Å². The number of hydrogen-bond acceptors (Lipinski definition) is 5. The Kier molecular flexibility index (Phi) is 4.61. The van der Waals surface area contributed by atoms with Gasteiger partial charge in [-0.25, -0.2) is 0 Å². The Balaban J connectivity index is 1.55. The Bertz CT molecular complexity index is 529. The number of thioether (sulfide) groups is 1. The molecule has 0 bridgehead atoms. The van der Waals surface area contributed by atoms with E-state index in [1.165, 1.54) is 4.90 Å². The predicted octanol–water partition coefficient (Wildman–Crippen LogP) is 0.541. The molecule has 1 unspecified atom stereocenters. The fourth-order valence-electron chi connectivity index (χ4n) is 3.57. The molecule has 3 aliphatic heterocycles. The van der Waals surface area contributed by atoms with Gasteiger partial charge in [0.1, 0.15) is 0 Å². The molecule has 7 nitrogen and oxygen atoms in total. The fourth-order valence-corrected chi connectivity index (χ4v) is 4.35. The zero-order valence-electron chi connectivity index (χ0n) is 13.2. The van der Waals surface area contributed by atoms with Crippen molar-refractivity contribution in [3.05, 3.63) is 0 Å². The van der Waals surface area contributed by atoms with Gasteiger partial charge in [0.2, 0.25) is 17.7 Å². The van der Waals surface area contributed by atoms with E-state index in [9.17, 15) is 19.2 Å². The van der Waals surface area contributed by atoms with Crippen LogP contribution in [0.25, 0.3) is 0 Å². The molecule has 3 aliphatic rings. The van der Waals surface area contributed by atoms with Crippen molar-refractivity contribution in [2.45, 2.75) is 32.2 Å². The second kappa shape index (κ2) is 6.51. The summed E-state index contributed by atoms with van der Waals surface area (Å²) >= 11 is 1.04. The third-order valence-corrected chi connectivity index (χ3v) is 5.75. The molecular formula is C15H21N3O4S. The minimum absolute atomic E-state index is 0.0521. The van der Waals surface area contributed by atoms with Crippen LogP contribution < -0.4 is 0 Å². The van der Waals surface area contributed by atoms with Gasteiger partial charge in [-0.3, -0.25) is 24.1 Å². The molecule has 3 rings (SSSR count). The molecule has 0 aromatic heterocycles. The highest BCUT2D eigenvalue weighted by atomic mass is 32.2. The Morgan fingerprint density at radius 3 is 2.26 bits per heavy atom. The van der Waals surface area contributed by atoms with E-state index in [2.05, 4.69) is 0 Å². The first kappa shape index (κ1) is 16.3. The van der Waals surface area contributed by atoms with Crippen molar-refractivity contribution in [3.8, 4) is 0 Å². The minimum Gasteiger partial charge on any atom is -0.343 e. The van der Waals surface area contributed by atoms with Gasteiger partial charge in [-0.15, -0.1) is 0 Å². The van der Waals surface area contributed by atoms with Crippen molar-refractivity contribution in [2.24, 2.45) is 5.92 Å². The summed E-state index contributed by atoms with van der Waals surface area (Å²) in [7, 11) is 0. The molecule has 3 fully saturated rings. The minimum atomic E-state index is -0.191. The molecule has 0 spiro atoms. The smallest absolute Gasteiger partial charge is 0.289 e. The fraction of sp³-hybridized carbons (Fsp3) is 0.733. The van der Waals surface area contributed by atoms with Crippen LogP contribution in [0, 0.1) is 5.92 Å². The highest BCUT2D eigenvalue weighted by molar-refractivity contribution is 8.14. The highest BCUT2D eigenvalue weighted by Crippen LogP contribution is 2.28. The lowest BCUT2D eigenvalue weighted by atomic mass is 9.95. The van der Waals surface area contributed by atoms with E-state index >= 15 is 0 Å². The standard InChI is InChI=1S/C15H21N3O4S/c1-10(19)16-5-2-11(3-6-16)14(21)17-7-4-12(8-17)18-13(20)9-23-15(18)22/h11-12H,2-9H2,1H3. The summed E-state index contributed by atoms with van der Waals surface area (Å²) in [6.45, 7) is 3.85. The second-order valence-corrected chi connectivity index (χ2v) is 7.25. The van der Waals surface area contributed by atoms with Crippen LogP contribution in [0.2, 0.25) is 0 Å². The molecule has 0 aliphatic carbocycles. The molecule has 0 aromatic rings. The highest BCUT2D eigenvalue weighted by Gasteiger charge is 2.41. The maximum Gasteiger partial charge on any atom is 0.289 e. The van der Waals surface area contributed by atoms with Gasteiger partial charge in [-0.1, -0.05) is 11.8 Å². The quantitative estimate of drug-likeness (QED) is 0.734. The molecular weight excluding hydrogens is 318 g/mol. The first-order valence-corrected chi connectivity index (χ1v) is 8.99. The Labute approximate surface area is 139 Å². The number of hydrogen-bond donors (Lipinski definition) is 0. The number of piperidine rings is 1. The number of amides is 4. The van der Waals surface area contributed by atoms with E-state index < -0.39 is 0 Å². The topological polar surface area (TPSA) is 78.0 Å². The molecule has 3 heterocycles. The van der Waals surface area contributed by atoms with Crippen molar-refractivity contribution >= 4 is 34.7 Å². The van der Waals surface area contributed by atoms with Gasteiger partial charge in [0.15, 0.2) is 0 Å². The molecule has 1 atom stereocenters. The van der Waals surface area contributed by atoms with E-state index in [0.29, 0.717) is 45.4 Å². The molecule has 8 heteroatoms. The SMILES string of the molecule is CC(=O)N1CCC(C(=O)N2CCC(N3C(=O)CSC3=O)C2)CC1. The Morgan fingerprint density at radius 2 is 1.70 bits per heavy atom. The molecule has 126 valence electrons. The van der Waals surface area contributed by atoms with Crippen molar-refractivity contribution in [1.82, 2.24) is 14.7 Å². The lowest BCUT2D eigenvalue weighted by molar-refractivity contribution is -0.139. The zero-order chi connectivity index (χ0) is 16.6. The van der Waals surface area contributed by atoms with Crippen molar-refractivity contribution in [1.29, 1.82) is 0 Å². The van der Waals surface area contributed by atoms with E-state index in [1.807, 2.05) is 0 Å². The molecule has 0 radical (unpaired) electrons. The van der Waals surface area contributed by atoms with Crippen LogP contribution in [0.15, 0.2) is 0 Å². The van der Waals surface area contributed by atoms with Crippen molar-refractivity contribution in [3.63, 3.8) is 0 Å². The molecule has 0 saturated carbocycles. The van der Waals surface area contributed by atoms with Gasteiger partial charge >= 0.3 is 0 Å². The number of likely N-dealkylation sites (tertiary alicyclic amines) is 2. The number of carbonyl (C=O) groups is 4. The Morgan fingerprint density at radius 1 is 1.04 bits per heavy atom. The average Bonchev–Trinajstić information content (AvgIpc) is 3.13.